The maximum atomic E-state index is 13.2. The van der Waals surface area contributed by atoms with E-state index in [1.54, 1.807) is 0 Å². The topological polar surface area (TPSA) is 91.6 Å². The number of fused-ring (bicyclic) bond motifs is 1. The molecule has 2 aliphatic heterocycles. The predicted octanol–water partition coefficient (Wildman–Crippen LogP) is 2.54. The Labute approximate surface area is 206 Å². The summed E-state index contributed by atoms with van der Waals surface area (Å²) in [4.78, 5) is 34.5. The number of rotatable bonds is 6. The monoisotopic (exact) mass is 485 g/mol. The fraction of sp³-hybridized carbons (Fsp3) is 0.731. The fourth-order valence-corrected chi connectivity index (χ4v) is 8.46. The molecule has 34 heavy (non-hydrogen) atoms. The standard InChI is InChI=1S/C26H36ClN5O2/c1-15(10-31-11-19-13-32(14-20(19)12-31)21-2-3-22(27)29-9-21)24(33)30-23-17-4-16-5-18(23)8-26(6-16,7-17)25(28)34/h2-3,9,15-20,23H,4-8,10-14H2,1H3,(H2,28,34)(H,30,33). The zero-order valence-corrected chi connectivity index (χ0v) is 20.7. The molecule has 0 aromatic carbocycles. The summed E-state index contributed by atoms with van der Waals surface area (Å²) in [6, 6.07) is 4.13. The van der Waals surface area contributed by atoms with Crippen LogP contribution < -0.4 is 16.0 Å². The van der Waals surface area contributed by atoms with E-state index in [9.17, 15) is 9.59 Å². The average molecular weight is 486 g/mol. The molecule has 0 spiro atoms. The first-order chi connectivity index (χ1) is 16.3. The molecule has 7 rings (SSSR count). The number of primary amides is 1. The van der Waals surface area contributed by atoms with Gasteiger partial charge in [-0.1, -0.05) is 18.5 Å². The van der Waals surface area contributed by atoms with Gasteiger partial charge in [-0.15, -0.1) is 0 Å². The Hall–Kier alpha value is -1.86. The molecule has 1 aromatic rings. The predicted molar refractivity (Wildman–Crippen MR) is 131 cm³/mol. The van der Waals surface area contributed by atoms with Gasteiger partial charge >= 0.3 is 0 Å². The van der Waals surface area contributed by atoms with Crippen LogP contribution in [0.15, 0.2) is 18.3 Å². The fourth-order valence-electron chi connectivity index (χ4n) is 8.34. The van der Waals surface area contributed by atoms with Crippen molar-refractivity contribution < 1.29 is 9.59 Å². The van der Waals surface area contributed by atoms with Gasteiger partial charge in [0.15, 0.2) is 0 Å². The highest BCUT2D eigenvalue weighted by molar-refractivity contribution is 6.29. The molecule has 4 bridgehead atoms. The second-order valence-corrected chi connectivity index (χ2v) is 12.4. The lowest BCUT2D eigenvalue weighted by Crippen LogP contribution is -2.62. The van der Waals surface area contributed by atoms with E-state index in [4.69, 9.17) is 17.3 Å². The van der Waals surface area contributed by atoms with Crippen LogP contribution in [0.5, 0.6) is 0 Å². The molecule has 5 atom stereocenters. The molecule has 6 aliphatic rings. The van der Waals surface area contributed by atoms with Crippen LogP contribution >= 0.6 is 11.6 Å². The van der Waals surface area contributed by atoms with E-state index in [2.05, 4.69) is 33.1 Å². The molecule has 2 amide bonds. The van der Waals surface area contributed by atoms with E-state index in [-0.39, 0.29) is 29.2 Å². The van der Waals surface area contributed by atoms with Crippen molar-refractivity contribution in [2.24, 2.45) is 46.7 Å². The van der Waals surface area contributed by atoms with Crippen LogP contribution in [0.25, 0.3) is 0 Å². The molecule has 2 saturated heterocycles. The molecule has 4 aliphatic carbocycles. The molecule has 6 fully saturated rings. The zero-order valence-electron chi connectivity index (χ0n) is 20.0. The maximum absolute atomic E-state index is 13.2. The lowest BCUT2D eigenvalue weighted by atomic mass is 9.47. The highest BCUT2D eigenvalue weighted by atomic mass is 35.5. The largest absolute Gasteiger partial charge is 0.370 e. The third-order valence-electron chi connectivity index (χ3n) is 9.72. The Kier molecular flexibility index (Phi) is 5.56. The molecule has 8 heteroatoms. The molecule has 7 nitrogen and oxygen atoms in total. The number of hydrogen-bond acceptors (Lipinski definition) is 5. The van der Waals surface area contributed by atoms with Gasteiger partial charge in [0.05, 0.1) is 11.9 Å². The van der Waals surface area contributed by atoms with E-state index in [1.807, 2.05) is 12.3 Å². The molecule has 1 aromatic heterocycles. The van der Waals surface area contributed by atoms with Gasteiger partial charge in [-0.25, -0.2) is 4.98 Å². The zero-order chi connectivity index (χ0) is 23.6. The van der Waals surface area contributed by atoms with Crippen molar-refractivity contribution >= 4 is 29.1 Å². The van der Waals surface area contributed by atoms with Crippen molar-refractivity contribution in [1.29, 1.82) is 0 Å². The number of anilines is 1. The number of hydrogen-bond donors (Lipinski definition) is 2. The molecular weight excluding hydrogens is 450 g/mol. The number of nitrogens with zero attached hydrogens (tertiary/aromatic N) is 3. The Morgan fingerprint density at radius 1 is 1.12 bits per heavy atom. The van der Waals surface area contributed by atoms with Crippen molar-refractivity contribution in [1.82, 2.24) is 15.2 Å². The summed E-state index contributed by atoms with van der Waals surface area (Å²) in [6.07, 6.45) is 6.84. The van der Waals surface area contributed by atoms with E-state index >= 15 is 0 Å². The van der Waals surface area contributed by atoms with Crippen LogP contribution in [0.2, 0.25) is 5.15 Å². The number of halogens is 1. The SMILES string of the molecule is CC(CN1CC2CN(c3ccc(Cl)nc3)CC2C1)C(=O)NC1C2CC3CC1CC(C(N)=O)(C3)C2. The van der Waals surface area contributed by atoms with Crippen LogP contribution in [0.3, 0.4) is 0 Å². The number of nitrogens with one attached hydrogen (secondary N) is 1. The number of carbonyl (C=O) groups excluding carboxylic acids is 2. The smallest absolute Gasteiger partial charge is 0.224 e. The van der Waals surface area contributed by atoms with Crippen molar-refractivity contribution in [3.8, 4) is 0 Å². The third kappa shape index (κ3) is 3.89. The molecule has 0 radical (unpaired) electrons. The molecule has 5 unspecified atom stereocenters. The van der Waals surface area contributed by atoms with Crippen LogP contribution in [0.4, 0.5) is 5.69 Å². The first-order valence-electron chi connectivity index (χ1n) is 13.0. The maximum Gasteiger partial charge on any atom is 0.224 e. The van der Waals surface area contributed by atoms with Crippen molar-refractivity contribution in [3.63, 3.8) is 0 Å². The second kappa shape index (κ2) is 8.37. The Balaban J connectivity index is 1.01. The van der Waals surface area contributed by atoms with Gasteiger partial charge in [0, 0.05) is 50.1 Å². The number of aromatic nitrogens is 1. The number of pyridine rings is 1. The van der Waals surface area contributed by atoms with Gasteiger partial charge in [0.1, 0.15) is 5.15 Å². The summed E-state index contributed by atoms with van der Waals surface area (Å²) in [6.45, 7) is 7.07. The summed E-state index contributed by atoms with van der Waals surface area (Å²) in [5.41, 5.74) is 6.67. The highest BCUT2D eigenvalue weighted by Gasteiger charge is 2.58. The Morgan fingerprint density at radius 2 is 1.79 bits per heavy atom. The summed E-state index contributed by atoms with van der Waals surface area (Å²) in [5.74, 6) is 2.75. The average Bonchev–Trinajstić information content (AvgIpc) is 3.34. The molecule has 3 heterocycles. The van der Waals surface area contributed by atoms with E-state index < -0.39 is 0 Å². The second-order valence-electron chi connectivity index (χ2n) is 12.0. The van der Waals surface area contributed by atoms with Gasteiger partial charge in [-0.3, -0.25) is 9.59 Å². The van der Waals surface area contributed by atoms with Gasteiger partial charge < -0.3 is 20.9 Å². The van der Waals surface area contributed by atoms with Crippen LogP contribution in [-0.4, -0.2) is 60.5 Å². The number of amides is 2. The number of nitrogens with two attached hydrogens (primary N) is 1. The molecule has 3 N–H and O–H groups in total. The van der Waals surface area contributed by atoms with Crippen molar-refractivity contribution in [2.45, 2.75) is 45.1 Å². The first kappa shape index (κ1) is 22.6. The molecular formula is C26H36ClN5O2. The van der Waals surface area contributed by atoms with E-state index in [1.165, 1.54) is 0 Å². The summed E-state index contributed by atoms with van der Waals surface area (Å²) in [7, 11) is 0. The number of likely N-dealkylation sites (tertiary alicyclic amines) is 1. The minimum absolute atomic E-state index is 0.0299. The Bertz CT molecular complexity index is 940. The minimum atomic E-state index is -0.299. The number of carbonyl (C=O) groups is 2. The third-order valence-corrected chi connectivity index (χ3v) is 9.95. The lowest BCUT2D eigenvalue weighted by Gasteiger charge is -2.58. The summed E-state index contributed by atoms with van der Waals surface area (Å²) >= 11 is 5.94. The van der Waals surface area contributed by atoms with Crippen LogP contribution in [-0.2, 0) is 9.59 Å². The molecule has 184 valence electrons. The van der Waals surface area contributed by atoms with E-state index in [0.29, 0.717) is 34.7 Å². The van der Waals surface area contributed by atoms with Crippen LogP contribution in [0, 0.1) is 40.9 Å². The Morgan fingerprint density at radius 3 is 2.38 bits per heavy atom. The van der Waals surface area contributed by atoms with Gasteiger partial charge in [0.2, 0.25) is 11.8 Å². The quantitative estimate of drug-likeness (QED) is 0.604. The van der Waals surface area contributed by atoms with Gasteiger partial charge in [0.25, 0.3) is 0 Å². The minimum Gasteiger partial charge on any atom is -0.370 e. The lowest BCUT2D eigenvalue weighted by molar-refractivity contribution is -0.148. The van der Waals surface area contributed by atoms with Crippen molar-refractivity contribution in [3.05, 3.63) is 23.5 Å². The highest BCUT2D eigenvalue weighted by Crippen LogP contribution is 2.59. The molecule has 4 saturated carbocycles. The van der Waals surface area contributed by atoms with Gasteiger partial charge in [-0.2, -0.15) is 0 Å². The summed E-state index contributed by atoms with van der Waals surface area (Å²) in [5, 5.41) is 3.96. The van der Waals surface area contributed by atoms with Crippen LogP contribution in [0.1, 0.15) is 39.0 Å². The summed E-state index contributed by atoms with van der Waals surface area (Å²) < 4.78 is 0. The normalized spacial score (nSPS) is 39.3. The van der Waals surface area contributed by atoms with Crippen molar-refractivity contribution in [2.75, 3.05) is 37.6 Å². The first-order valence-corrected chi connectivity index (χ1v) is 13.4. The van der Waals surface area contributed by atoms with Gasteiger partial charge in [-0.05, 0) is 73.8 Å². The van der Waals surface area contributed by atoms with E-state index in [0.717, 1.165) is 70.5 Å².